The van der Waals surface area contributed by atoms with Gasteiger partial charge in [0.25, 0.3) is 0 Å². The van der Waals surface area contributed by atoms with E-state index in [-0.39, 0.29) is 5.82 Å². The fraction of sp³-hybridized carbons (Fsp3) is 0.250. The average molecular weight is 344 g/mol. The number of nitriles is 1. The van der Waals surface area contributed by atoms with E-state index in [2.05, 4.69) is 38.8 Å². The Kier molecular flexibility index (Phi) is 4.38. The lowest BCUT2D eigenvalue weighted by Crippen LogP contribution is -2.35. The van der Waals surface area contributed by atoms with Gasteiger partial charge >= 0.3 is 0 Å². The average Bonchev–Trinajstić information content (AvgIpc) is 2.69. The van der Waals surface area contributed by atoms with Crippen LogP contribution in [0.5, 0.6) is 0 Å². The Morgan fingerprint density at radius 2 is 2.00 bits per heavy atom. The Balaban J connectivity index is 1.79. The predicted molar refractivity (Wildman–Crippen MR) is 104 cm³/mol. The highest BCUT2D eigenvalue weighted by molar-refractivity contribution is 5.97. The maximum atomic E-state index is 9.24. The van der Waals surface area contributed by atoms with E-state index >= 15 is 0 Å². The molecular formula is C20H20N6. The van der Waals surface area contributed by atoms with Crippen LogP contribution in [0.3, 0.4) is 0 Å². The van der Waals surface area contributed by atoms with Crippen molar-refractivity contribution in [2.24, 2.45) is 0 Å². The zero-order chi connectivity index (χ0) is 17.9. The second-order valence-electron chi connectivity index (χ2n) is 6.56. The number of pyridine rings is 2. The Bertz CT molecular complexity index is 985. The van der Waals surface area contributed by atoms with E-state index < -0.39 is 0 Å². The van der Waals surface area contributed by atoms with Gasteiger partial charge in [0.1, 0.15) is 11.9 Å². The summed E-state index contributed by atoms with van der Waals surface area (Å²) in [5, 5.41) is 18.5. The number of hydrogen-bond donors (Lipinski definition) is 3. The van der Waals surface area contributed by atoms with Gasteiger partial charge in [-0.1, -0.05) is 0 Å². The summed E-state index contributed by atoms with van der Waals surface area (Å²) >= 11 is 0. The van der Waals surface area contributed by atoms with Gasteiger partial charge in [-0.05, 0) is 61.1 Å². The Labute approximate surface area is 152 Å². The van der Waals surface area contributed by atoms with Gasteiger partial charge in [0.05, 0.1) is 5.56 Å². The molecule has 0 atom stereocenters. The van der Waals surface area contributed by atoms with E-state index in [4.69, 9.17) is 5.73 Å². The lowest BCUT2D eigenvalue weighted by molar-refractivity contribution is 0.479. The van der Waals surface area contributed by atoms with Crippen molar-refractivity contribution in [3.8, 4) is 17.2 Å². The van der Waals surface area contributed by atoms with Crippen molar-refractivity contribution in [1.29, 1.82) is 5.26 Å². The Hall–Kier alpha value is -3.17. The molecule has 4 N–H and O–H groups in total. The third-order valence-corrected chi connectivity index (χ3v) is 4.83. The number of nitrogens with two attached hydrogens (primary N) is 1. The minimum Gasteiger partial charge on any atom is -0.383 e. The molecule has 6 nitrogen and oxygen atoms in total. The van der Waals surface area contributed by atoms with Crippen molar-refractivity contribution in [3.63, 3.8) is 0 Å². The van der Waals surface area contributed by atoms with E-state index in [0.717, 1.165) is 53.5 Å². The van der Waals surface area contributed by atoms with Gasteiger partial charge in [0, 0.05) is 41.3 Å². The number of aromatic nitrogens is 2. The molecule has 26 heavy (non-hydrogen) atoms. The van der Waals surface area contributed by atoms with E-state index in [1.807, 2.05) is 12.3 Å². The first kappa shape index (κ1) is 16.3. The minimum atomic E-state index is 0.259. The lowest BCUT2D eigenvalue weighted by atomic mass is 9.99. The van der Waals surface area contributed by atoms with E-state index in [1.54, 1.807) is 18.5 Å². The quantitative estimate of drug-likeness (QED) is 0.675. The van der Waals surface area contributed by atoms with Gasteiger partial charge in [-0.25, -0.2) is 4.98 Å². The zero-order valence-corrected chi connectivity index (χ0v) is 14.4. The zero-order valence-electron chi connectivity index (χ0n) is 14.4. The summed E-state index contributed by atoms with van der Waals surface area (Å²) < 4.78 is 0. The number of piperidine rings is 1. The monoisotopic (exact) mass is 344 g/mol. The SMILES string of the molecule is N#Cc1cc(-c2cc(NC3CCNCC3)c3cnccc3c2)cnc1N. The van der Waals surface area contributed by atoms with Crippen molar-refractivity contribution >= 4 is 22.3 Å². The van der Waals surface area contributed by atoms with Gasteiger partial charge in [-0.15, -0.1) is 0 Å². The molecule has 3 aromatic rings. The molecule has 0 spiro atoms. The van der Waals surface area contributed by atoms with Crippen molar-refractivity contribution in [1.82, 2.24) is 15.3 Å². The molecule has 1 aliphatic heterocycles. The number of benzene rings is 1. The van der Waals surface area contributed by atoms with Crippen LogP contribution in [0.1, 0.15) is 18.4 Å². The standard InChI is InChI=1S/C20H20N6/c21-10-15-8-16(11-25-20(15)22)14-7-13-1-4-24-12-18(13)19(9-14)26-17-2-5-23-6-3-17/h1,4,7-9,11-12,17,23,26H,2-3,5-6H2,(H2,22,25). The third-order valence-electron chi connectivity index (χ3n) is 4.83. The Morgan fingerprint density at radius 1 is 1.15 bits per heavy atom. The van der Waals surface area contributed by atoms with Crippen LogP contribution in [0.4, 0.5) is 11.5 Å². The van der Waals surface area contributed by atoms with Crippen molar-refractivity contribution in [3.05, 3.63) is 48.4 Å². The molecule has 2 aromatic heterocycles. The number of rotatable bonds is 3. The molecule has 6 heteroatoms. The first-order chi connectivity index (χ1) is 12.7. The summed E-state index contributed by atoms with van der Waals surface area (Å²) in [4.78, 5) is 8.45. The largest absolute Gasteiger partial charge is 0.383 e. The lowest BCUT2D eigenvalue weighted by Gasteiger charge is -2.25. The molecule has 1 aromatic carbocycles. The van der Waals surface area contributed by atoms with E-state index in [9.17, 15) is 5.26 Å². The molecule has 4 rings (SSSR count). The second kappa shape index (κ2) is 6.98. The van der Waals surface area contributed by atoms with Crippen LogP contribution >= 0.6 is 0 Å². The maximum absolute atomic E-state index is 9.24. The number of fused-ring (bicyclic) bond motifs is 1. The van der Waals surface area contributed by atoms with Gasteiger partial charge in [-0.2, -0.15) is 5.26 Å². The molecule has 0 amide bonds. The van der Waals surface area contributed by atoms with Gasteiger partial charge < -0.3 is 16.4 Å². The molecule has 1 aliphatic rings. The van der Waals surface area contributed by atoms with Crippen LogP contribution in [0.15, 0.2) is 42.9 Å². The molecule has 130 valence electrons. The predicted octanol–water partition coefficient (Wildman–Crippen LogP) is 2.91. The number of nitrogen functional groups attached to an aromatic ring is 1. The fourth-order valence-electron chi connectivity index (χ4n) is 3.39. The molecule has 1 fully saturated rings. The number of nitrogens with one attached hydrogen (secondary N) is 2. The topological polar surface area (TPSA) is 99.6 Å². The molecule has 0 aliphatic carbocycles. The smallest absolute Gasteiger partial charge is 0.141 e. The van der Waals surface area contributed by atoms with E-state index in [1.165, 1.54) is 0 Å². The number of hydrogen-bond acceptors (Lipinski definition) is 6. The summed E-state index contributed by atoms with van der Waals surface area (Å²) in [7, 11) is 0. The summed E-state index contributed by atoms with van der Waals surface area (Å²) in [5.41, 5.74) is 9.10. The Morgan fingerprint density at radius 3 is 2.81 bits per heavy atom. The van der Waals surface area contributed by atoms with E-state index in [0.29, 0.717) is 11.6 Å². The van der Waals surface area contributed by atoms with Gasteiger partial charge in [0.15, 0.2) is 0 Å². The first-order valence-electron chi connectivity index (χ1n) is 8.75. The summed E-state index contributed by atoms with van der Waals surface area (Å²) in [6.07, 6.45) is 7.58. The minimum absolute atomic E-state index is 0.259. The number of nitrogens with zero attached hydrogens (tertiary/aromatic N) is 3. The molecular weight excluding hydrogens is 324 g/mol. The molecule has 0 bridgehead atoms. The van der Waals surface area contributed by atoms with Crippen LogP contribution in [-0.4, -0.2) is 29.1 Å². The van der Waals surface area contributed by atoms with Crippen LogP contribution in [0, 0.1) is 11.3 Å². The highest BCUT2D eigenvalue weighted by Gasteiger charge is 2.15. The van der Waals surface area contributed by atoms with Crippen molar-refractivity contribution in [2.45, 2.75) is 18.9 Å². The molecule has 0 unspecified atom stereocenters. The maximum Gasteiger partial charge on any atom is 0.141 e. The molecule has 3 heterocycles. The molecule has 0 saturated carbocycles. The summed E-state index contributed by atoms with van der Waals surface area (Å²) in [6, 6.07) is 10.5. The van der Waals surface area contributed by atoms with Gasteiger partial charge in [-0.3, -0.25) is 4.98 Å². The third kappa shape index (κ3) is 3.17. The first-order valence-corrected chi connectivity index (χ1v) is 8.75. The number of anilines is 2. The van der Waals surface area contributed by atoms with Crippen LogP contribution < -0.4 is 16.4 Å². The molecule has 0 radical (unpaired) electrons. The second-order valence-corrected chi connectivity index (χ2v) is 6.56. The highest BCUT2D eigenvalue weighted by Crippen LogP contribution is 2.32. The van der Waals surface area contributed by atoms with Crippen molar-refractivity contribution < 1.29 is 0 Å². The van der Waals surface area contributed by atoms with Crippen LogP contribution in [0.25, 0.3) is 21.9 Å². The van der Waals surface area contributed by atoms with Crippen molar-refractivity contribution in [2.75, 3.05) is 24.1 Å². The normalized spacial score (nSPS) is 14.9. The van der Waals surface area contributed by atoms with Crippen LogP contribution in [-0.2, 0) is 0 Å². The summed E-state index contributed by atoms with van der Waals surface area (Å²) in [5.74, 6) is 0.259. The van der Waals surface area contributed by atoms with Gasteiger partial charge in [0.2, 0.25) is 0 Å². The van der Waals surface area contributed by atoms with Crippen LogP contribution in [0.2, 0.25) is 0 Å². The fourth-order valence-corrected chi connectivity index (χ4v) is 3.39. The highest BCUT2D eigenvalue weighted by atomic mass is 15.0. The summed E-state index contributed by atoms with van der Waals surface area (Å²) in [6.45, 7) is 2.06. The molecule has 1 saturated heterocycles.